The first-order valence-corrected chi connectivity index (χ1v) is 8.94. The lowest BCUT2D eigenvalue weighted by Gasteiger charge is -2.31. The number of amides is 1. The van der Waals surface area contributed by atoms with Crippen molar-refractivity contribution in [3.05, 3.63) is 35.4 Å². The van der Waals surface area contributed by atoms with Crippen molar-refractivity contribution in [2.45, 2.75) is 64.6 Å². The van der Waals surface area contributed by atoms with Gasteiger partial charge < -0.3 is 11.1 Å². The van der Waals surface area contributed by atoms with E-state index in [1.165, 1.54) is 12.0 Å². The molecule has 0 bridgehead atoms. The van der Waals surface area contributed by atoms with E-state index in [0.29, 0.717) is 6.54 Å². The molecule has 1 saturated carbocycles. The van der Waals surface area contributed by atoms with E-state index >= 15 is 0 Å². The Balaban J connectivity index is 0.00000288. The van der Waals surface area contributed by atoms with Gasteiger partial charge in [0.2, 0.25) is 5.91 Å². The standard InChI is InChI=1S/C19H31N3O.2ClH/c1-3-22(4-2)15-17-10-8-9-16(13-17)14-21-18(23)19(20)11-6-5-7-12-19;;/h8-10,13H,3-7,11-12,14-15,20H2,1-2H3,(H,21,23);2*1H. The highest BCUT2D eigenvalue weighted by molar-refractivity contribution is 5.86. The molecule has 1 aliphatic rings. The number of benzene rings is 1. The summed E-state index contributed by atoms with van der Waals surface area (Å²) in [7, 11) is 0. The van der Waals surface area contributed by atoms with Gasteiger partial charge in [-0.3, -0.25) is 9.69 Å². The van der Waals surface area contributed by atoms with E-state index in [-0.39, 0.29) is 30.7 Å². The van der Waals surface area contributed by atoms with Crippen LogP contribution in [-0.2, 0) is 17.9 Å². The highest BCUT2D eigenvalue weighted by Crippen LogP contribution is 2.26. The fourth-order valence-electron chi connectivity index (χ4n) is 3.31. The molecule has 0 aromatic heterocycles. The van der Waals surface area contributed by atoms with Gasteiger partial charge in [-0.05, 0) is 37.1 Å². The zero-order valence-corrected chi connectivity index (χ0v) is 17.1. The van der Waals surface area contributed by atoms with Crippen molar-refractivity contribution in [3.8, 4) is 0 Å². The first kappa shape index (κ1) is 24.2. The molecule has 1 amide bonds. The van der Waals surface area contributed by atoms with Gasteiger partial charge in [0.1, 0.15) is 0 Å². The minimum Gasteiger partial charge on any atom is -0.350 e. The van der Waals surface area contributed by atoms with Gasteiger partial charge >= 0.3 is 0 Å². The summed E-state index contributed by atoms with van der Waals surface area (Å²) < 4.78 is 0. The second-order valence-electron chi connectivity index (χ2n) is 6.68. The van der Waals surface area contributed by atoms with Gasteiger partial charge in [-0.2, -0.15) is 0 Å². The molecular formula is C19H33Cl2N3O. The van der Waals surface area contributed by atoms with Crippen LogP contribution in [0.25, 0.3) is 0 Å². The molecule has 1 aliphatic carbocycles. The Morgan fingerprint density at radius 2 is 1.72 bits per heavy atom. The van der Waals surface area contributed by atoms with Crippen LogP contribution in [0.3, 0.4) is 0 Å². The molecule has 0 heterocycles. The minimum atomic E-state index is -0.656. The number of carbonyl (C=O) groups is 1. The molecule has 2 rings (SSSR count). The van der Waals surface area contributed by atoms with E-state index in [9.17, 15) is 4.79 Å². The maximum Gasteiger partial charge on any atom is 0.240 e. The molecule has 144 valence electrons. The van der Waals surface area contributed by atoms with Gasteiger partial charge in [0.15, 0.2) is 0 Å². The zero-order valence-electron chi connectivity index (χ0n) is 15.4. The van der Waals surface area contributed by atoms with Crippen molar-refractivity contribution in [2.75, 3.05) is 13.1 Å². The maximum absolute atomic E-state index is 12.4. The predicted octanol–water partition coefficient (Wildman–Crippen LogP) is 3.65. The second kappa shape index (κ2) is 11.7. The summed E-state index contributed by atoms with van der Waals surface area (Å²) in [4.78, 5) is 14.8. The van der Waals surface area contributed by atoms with Crippen LogP contribution in [0.5, 0.6) is 0 Å². The Hall–Kier alpha value is -0.810. The molecule has 6 heteroatoms. The van der Waals surface area contributed by atoms with Crippen LogP contribution < -0.4 is 11.1 Å². The van der Waals surface area contributed by atoms with Gasteiger partial charge in [-0.1, -0.05) is 57.4 Å². The lowest BCUT2D eigenvalue weighted by atomic mass is 9.82. The average Bonchev–Trinajstić information content (AvgIpc) is 2.58. The number of hydrogen-bond donors (Lipinski definition) is 2. The van der Waals surface area contributed by atoms with E-state index in [1.807, 2.05) is 0 Å². The molecule has 0 saturated heterocycles. The largest absolute Gasteiger partial charge is 0.350 e. The van der Waals surface area contributed by atoms with Gasteiger partial charge in [-0.25, -0.2) is 0 Å². The highest BCUT2D eigenvalue weighted by Gasteiger charge is 2.34. The molecule has 0 aliphatic heterocycles. The monoisotopic (exact) mass is 389 g/mol. The molecule has 3 N–H and O–H groups in total. The first-order chi connectivity index (χ1) is 11.1. The Morgan fingerprint density at radius 1 is 1.12 bits per heavy atom. The number of halogens is 2. The lowest BCUT2D eigenvalue weighted by molar-refractivity contribution is -0.127. The van der Waals surface area contributed by atoms with E-state index in [0.717, 1.165) is 50.9 Å². The van der Waals surface area contributed by atoms with Crippen LogP contribution in [0, 0.1) is 0 Å². The van der Waals surface area contributed by atoms with Gasteiger partial charge in [0.05, 0.1) is 5.54 Å². The quantitative estimate of drug-likeness (QED) is 0.747. The third-order valence-electron chi connectivity index (χ3n) is 4.94. The van der Waals surface area contributed by atoms with Crippen LogP contribution in [0.2, 0.25) is 0 Å². The minimum absolute atomic E-state index is 0. The first-order valence-electron chi connectivity index (χ1n) is 8.94. The normalized spacial score (nSPS) is 15.8. The Bertz CT molecular complexity index is 515. The summed E-state index contributed by atoms with van der Waals surface area (Å²) >= 11 is 0. The maximum atomic E-state index is 12.4. The average molecular weight is 390 g/mol. The number of carbonyl (C=O) groups excluding carboxylic acids is 1. The Morgan fingerprint density at radius 3 is 2.32 bits per heavy atom. The molecule has 0 spiro atoms. The zero-order chi connectivity index (χ0) is 16.7. The highest BCUT2D eigenvalue weighted by atomic mass is 35.5. The number of nitrogens with two attached hydrogens (primary N) is 1. The Labute approximate surface area is 164 Å². The third kappa shape index (κ3) is 7.14. The summed E-state index contributed by atoms with van der Waals surface area (Å²) in [6.45, 7) is 7.97. The number of nitrogens with one attached hydrogen (secondary N) is 1. The van der Waals surface area contributed by atoms with E-state index < -0.39 is 5.54 Å². The van der Waals surface area contributed by atoms with Crippen molar-refractivity contribution in [3.63, 3.8) is 0 Å². The van der Waals surface area contributed by atoms with Crippen LogP contribution in [-0.4, -0.2) is 29.4 Å². The fourth-order valence-corrected chi connectivity index (χ4v) is 3.31. The molecule has 4 nitrogen and oxygen atoms in total. The van der Waals surface area contributed by atoms with Crippen molar-refractivity contribution in [1.82, 2.24) is 10.2 Å². The summed E-state index contributed by atoms with van der Waals surface area (Å²) in [5.41, 5.74) is 8.06. The van der Waals surface area contributed by atoms with Crippen molar-refractivity contribution < 1.29 is 4.79 Å². The Kier molecular flexibility index (Phi) is 11.4. The summed E-state index contributed by atoms with van der Waals surface area (Å²) in [5, 5.41) is 3.04. The summed E-state index contributed by atoms with van der Waals surface area (Å²) in [6, 6.07) is 8.47. The van der Waals surface area contributed by atoms with E-state index in [1.54, 1.807) is 0 Å². The number of rotatable bonds is 7. The van der Waals surface area contributed by atoms with Gasteiger partial charge in [-0.15, -0.1) is 24.8 Å². The van der Waals surface area contributed by atoms with Crippen LogP contribution in [0.4, 0.5) is 0 Å². The third-order valence-corrected chi connectivity index (χ3v) is 4.94. The summed E-state index contributed by atoms with van der Waals surface area (Å²) in [6.07, 6.45) is 4.92. The predicted molar refractivity (Wildman–Crippen MR) is 109 cm³/mol. The van der Waals surface area contributed by atoms with Crippen molar-refractivity contribution >= 4 is 30.7 Å². The smallest absolute Gasteiger partial charge is 0.240 e. The molecule has 0 atom stereocenters. The molecule has 1 aromatic rings. The fraction of sp³-hybridized carbons (Fsp3) is 0.632. The molecule has 25 heavy (non-hydrogen) atoms. The molecule has 0 radical (unpaired) electrons. The summed E-state index contributed by atoms with van der Waals surface area (Å²) in [5.74, 6) is 0.00588. The SMILES string of the molecule is CCN(CC)Cc1cccc(CNC(=O)C2(N)CCCCC2)c1.Cl.Cl. The van der Waals surface area contributed by atoms with Crippen molar-refractivity contribution in [2.24, 2.45) is 5.73 Å². The van der Waals surface area contributed by atoms with E-state index in [4.69, 9.17) is 5.73 Å². The molecule has 1 aromatic carbocycles. The van der Waals surface area contributed by atoms with Crippen LogP contribution >= 0.6 is 24.8 Å². The number of nitrogens with zero attached hydrogens (tertiary/aromatic N) is 1. The second-order valence-corrected chi connectivity index (χ2v) is 6.68. The van der Waals surface area contributed by atoms with Gasteiger partial charge in [0.25, 0.3) is 0 Å². The van der Waals surface area contributed by atoms with Crippen LogP contribution in [0.15, 0.2) is 24.3 Å². The topological polar surface area (TPSA) is 58.4 Å². The molecule has 0 unspecified atom stereocenters. The number of hydrogen-bond acceptors (Lipinski definition) is 3. The van der Waals surface area contributed by atoms with Gasteiger partial charge in [0, 0.05) is 13.1 Å². The lowest BCUT2D eigenvalue weighted by Crippen LogP contribution is -2.54. The van der Waals surface area contributed by atoms with Crippen LogP contribution in [0.1, 0.15) is 57.1 Å². The molecule has 1 fully saturated rings. The van der Waals surface area contributed by atoms with E-state index in [2.05, 4.69) is 48.3 Å². The molecular weight excluding hydrogens is 357 g/mol. The van der Waals surface area contributed by atoms with Crippen molar-refractivity contribution in [1.29, 1.82) is 0 Å².